The van der Waals surface area contributed by atoms with E-state index in [9.17, 15) is 4.79 Å². The number of amides is 1. The van der Waals surface area contributed by atoms with E-state index in [1.807, 2.05) is 11.8 Å². The van der Waals surface area contributed by atoms with Crippen LogP contribution in [0.2, 0.25) is 0 Å². The van der Waals surface area contributed by atoms with Gasteiger partial charge in [-0.1, -0.05) is 20.8 Å². The molecule has 0 spiro atoms. The van der Waals surface area contributed by atoms with Crippen molar-refractivity contribution < 1.29 is 9.53 Å². The lowest BCUT2D eigenvalue weighted by atomic mass is 9.63. The number of carbonyl (C=O) groups excluding carboxylic acids is 1. The summed E-state index contributed by atoms with van der Waals surface area (Å²) >= 11 is 0. The molecule has 0 aromatic carbocycles. The van der Waals surface area contributed by atoms with E-state index in [-0.39, 0.29) is 17.4 Å². The molecule has 2 N–H and O–H groups in total. The van der Waals surface area contributed by atoms with Gasteiger partial charge in [0.05, 0.1) is 6.10 Å². The van der Waals surface area contributed by atoms with Crippen molar-refractivity contribution in [2.45, 2.75) is 59.1 Å². The molecule has 1 aliphatic carbocycles. The zero-order valence-electron chi connectivity index (χ0n) is 12.2. The molecule has 2 atom stereocenters. The fraction of sp³-hybridized carbons (Fsp3) is 0.929. The quantitative estimate of drug-likeness (QED) is 0.755. The normalized spacial score (nSPS) is 25.6. The van der Waals surface area contributed by atoms with Crippen LogP contribution in [-0.4, -0.2) is 42.6 Å². The van der Waals surface area contributed by atoms with Gasteiger partial charge in [-0.3, -0.25) is 4.79 Å². The van der Waals surface area contributed by atoms with Crippen LogP contribution >= 0.6 is 0 Å². The van der Waals surface area contributed by atoms with Crippen molar-refractivity contribution in [2.24, 2.45) is 11.1 Å². The van der Waals surface area contributed by atoms with Crippen molar-refractivity contribution in [3.05, 3.63) is 0 Å². The average Bonchev–Trinajstić information content (AvgIpc) is 2.32. The molecule has 2 unspecified atom stereocenters. The minimum Gasteiger partial charge on any atom is -0.378 e. The number of rotatable bonds is 7. The maximum atomic E-state index is 12.1. The summed E-state index contributed by atoms with van der Waals surface area (Å²) in [5.74, 6) is 0.187. The minimum absolute atomic E-state index is 0.0510. The fourth-order valence-corrected chi connectivity index (χ4v) is 2.84. The highest BCUT2D eigenvalue weighted by Crippen LogP contribution is 2.46. The summed E-state index contributed by atoms with van der Waals surface area (Å²) in [6.07, 6.45) is 2.67. The molecule has 0 bridgehead atoms. The molecule has 0 heterocycles. The van der Waals surface area contributed by atoms with Crippen molar-refractivity contribution in [1.82, 2.24) is 4.90 Å². The summed E-state index contributed by atoms with van der Waals surface area (Å²) in [5.41, 5.74) is 5.54. The van der Waals surface area contributed by atoms with E-state index in [4.69, 9.17) is 10.5 Å². The number of carbonyl (C=O) groups is 1. The Bertz CT molecular complexity index is 279. The molecule has 1 amide bonds. The number of hydrogen-bond acceptors (Lipinski definition) is 3. The summed E-state index contributed by atoms with van der Waals surface area (Å²) in [5, 5.41) is 0. The van der Waals surface area contributed by atoms with Crippen LogP contribution < -0.4 is 5.73 Å². The summed E-state index contributed by atoms with van der Waals surface area (Å²) < 4.78 is 5.73. The number of ether oxygens (including phenoxy) is 1. The van der Waals surface area contributed by atoms with Crippen LogP contribution in [0.3, 0.4) is 0 Å². The maximum absolute atomic E-state index is 12.1. The third-order valence-electron chi connectivity index (χ3n) is 4.01. The second kappa shape index (κ2) is 6.53. The summed E-state index contributed by atoms with van der Waals surface area (Å²) in [6, 6.07) is 0.299. The molecular formula is C14H28N2O2. The van der Waals surface area contributed by atoms with Crippen molar-refractivity contribution in [3.8, 4) is 0 Å². The molecule has 1 fully saturated rings. The third-order valence-corrected chi connectivity index (χ3v) is 4.01. The van der Waals surface area contributed by atoms with Crippen LogP contribution in [0.15, 0.2) is 0 Å². The predicted molar refractivity (Wildman–Crippen MR) is 73.3 cm³/mol. The molecular weight excluding hydrogens is 228 g/mol. The molecule has 0 aliphatic heterocycles. The van der Waals surface area contributed by atoms with E-state index in [1.165, 1.54) is 0 Å². The molecule has 0 saturated heterocycles. The summed E-state index contributed by atoms with van der Waals surface area (Å²) in [4.78, 5) is 14.1. The van der Waals surface area contributed by atoms with Gasteiger partial charge in [0, 0.05) is 37.6 Å². The Balaban J connectivity index is 2.68. The van der Waals surface area contributed by atoms with E-state index < -0.39 is 0 Å². The number of nitrogens with zero attached hydrogens (tertiary/aromatic N) is 1. The molecule has 1 saturated carbocycles. The SMILES string of the molecule is CCCN(C(=O)CCN)C1CC(OCC)C1(C)C. The first-order valence-electron chi connectivity index (χ1n) is 7.10. The average molecular weight is 256 g/mol. The molecule has 18 heavy (non-hydrogen) atoms. The largest absolute Gasteiger partial charge is 0.378 e. The van der Waals surface area contributed by atoms with Gasteiger partial charge < -0.3 is 15.4 Å². The second-order valence-corrected chi connectivity index (χ2v) is 5.64. The van der Waals surface area contributed by atoms with Crippen LogP contribution in [0.1, 0.15) is 47.0 Å². The van der Waals surface area contributed by atoms with Crippen molar-refractivity contribution in [2.75, 3.05) is 19.7 Å². The van der Waals surface area contributed by atoms with Gasteiger partial charge in [-0.2, -0.15) is 0 Å². The van der Waals surface area contributed by atoms with Crippen molar-refractivity contribution in [1.29, 1.82) is 0 Å². The third kappa shape index (κ3) is 3.04. The maximum Gasteiger partial charge on any atom is 0.224 e. The summed E-state index contributed by atoms with van der Waals surface area (Å²) in [7, 11) is 0. The van der Waals surface area contributed by atoms with Gasteiger partial charge in [0.25, 0.3) is 0 Å². The van der Waals surface area contributed by atoms with Gasteiger partial charge in [0.2, 0.25) is 5.91 Å². The first kappa shape index (κ1) is 15.4. The minimum atomic E-state index is 0.0510. The molecule has 0 aromatic rings. The lowest BCUT2D eigenvalue weighted by Crippen LogP contribution is -2.63. The van der Waals surface area contributed by atoms with Crippen molar-refractivity contribution >= 4 is 5.91 Å². The van der Waals surface area contributed by atoms with Crippen LogP contribution in [0.25, 0.3) is 0 Å². The Morgan fingerprint density at radius 3 is 2.56 bits per heavy atom. The van der Waals surface area contributed by atoms with Gasteiger partial charge in [-0.15, -0.1) is 0 Å². The van der Waals surface area contributed by atoms with E-state index in [1.54, 1.807) is 0 Å². The molecule has 4 nitrogen and oxygen atoms in total. The Kier molecular flexibility index (Phi) is 5.60. The summed E-state index contributed by atoms with van der Waals surface area (Å²) in [6.45, 7) is 10.5. The van der Waals surface area contributed by atoms with Gasteiger partial charge in [0.15, 0.2) is 0 Å². The van der Waals surface area contributed by atoms with E-state index in [2.05, 4.69) is 20.8 Å². The van der Waals surface area contributed by atoms with Crippen LogP contribution in [0.4, 0.5) is 0 Å². The van der Waals surface area contributed by atoms with Crippen LogP contribution in [0.5, 0.6) is 0 Å². The molecule has 0 radical (unpaired) electrons. The van der Waals surface area contributed by atoms with Gasteiger partial charge >= 0.3 is 0 Å². The molecule has 0 aromatic heterocycles. The van der Waals surface area contributed by atoms with Gasteiger partial charge in [0.1, 0.15) is 0 Å². The zero-order valence-corrected chi connectivity index (χ0v) is 12.2. The highest BCUT2D eigenvalue weighted by molar-refractivity contribution is 5.77. The smallest absolute Gasteiger partial charge is 0.224 e. The van der Waals surface area contributed by atoms with Gasteiger partial charge in [-0.05, 0) is 19.8 Å². The molecule has 1 rings (SSSR count). The van der Waals surface area contributed by atoms with E-state index in [0.717, 1.165) is 26.0 Å². The Morgan fingerprint density at radius 1 is 1.44 bits per heavy atom. The first-order valence-corrected chi connectivity index (χ1v) is 7.10. The Hall–Kier alpha value is -0.610. The monoisotopic (exact) mass is 256 g/mol. The van der Waals surface area contributed by atoms with E-state index in [0.29, 0.717) is 19.0 Å². The first-order chi connectivity index (χ1) is 8.48. The topological polar surface area (TPSA) is 55.6 Å². The number of hydrogen-bond donors (Lipinski definition) is 1. The predicted octanol–water partition coefficient (Wildman–Crippen LogP) is 1.78. The Morgan fingerprint density at radius 2 is 2.11 bits per heavy atom. The lowest BCUT2D eigenvalue weighted by molar-refractivity contribution is -0.167. The second-order valence-electron chi connectivity index (χ2n) is 5.64. The van der Waals surface area contributed by atoms with Gasteiger partial charge in [-0.25, -0.2) is 0 Å². The molecule has 106 valence electrons. The number of nitrogens with two attached hydrogens (primary N) is 1. The molecule has 1 aliphatic rings. The van der Waals surface area contributed by atoms with Crippen LogP contribution in [-0.2, 0) is 9.53 Å². The molecule has 4 heteroatoms. The highest BCUT2D eigenvalue weighted by Gasteiger charge is 2.52. The highest BCUT2D eigenvalue weighted by atomic mass is 16.5. The van der Waals surface area contributed by atoms with Crippen molar-refractivity contribution in [3.63, 3.8) is 0 Å². The zero-order chi connectivity index (χ0) is 13.8. The standard InChI is InChI=1S/C14H28N2O2/c1-5-9-16(13(17)7-8-15)11-10-12(18-6-2)14(11,3)4/h11-12H,5-10,15H2,1-4H3. The fourth-order valence-electron chi connectivity index (χ4n) is 2.84. The van der Waals surface area contributed by atoms with E-state index >= 15 is 0 Å². The Labute approximate surface area is 111 Å². The van der Waals surface area contributed by atoms with Crippen LogP contribution in [0, 0.1) is 5.41 Å². The lowest BCUT2D eigenvalue weighted by Gasteiger charge is -2.55.